The van der Waals surface area contributed by atoms with Crippen molar-refractivity contribution in [3.63, 3.8) is 0 Å². The molecule has 1 fully saturated rings. The summed E-state index contributed by atoms with van der Waals surface area (Å²) in [5.41, 5.74) is 4.38. The first-order chi connectivity index (χ1) is 9.81. The van der Waals surface area contributed by atoms with Crippen molar-refractivity contribution in [2.24, 2.45) is 0 Å². The minimum Gasteiger partial charge on any atom is -0.316 e. The Bertz CT molecular complexity index is 403. The summed E-state index contributed by atoms with van der Waals surface area (Å²) in [4.78, 5) is 0. The SMILES string of the molecule is CCCNCCc1c(CC)nn(C2CCCC2)c1CC. The molecule has 1 aliphatic rings. The van der Waals surface area contributed by atoms with Gasteiger partial charge < -0.3 is 5.32 Å². The number of hydrogen-bond acceptors (Lipinski definition) is 2. The molecule has 0 aliphatic heterocycles. The van der Waals surface area contributed by atoms with Gasteiger partial charge in [-0.2, -0.15) is 5.10 Å². The lowest BCUT2D eigenvalue weighted by Crippen LogP contribution is -2.19. The van der Waals surface area contributed by atoms with E-state index in [2.05, 4.69) is 30.8 Å². The molecule has 0 bridgehead atoms. The lowest BCUT2D eigenvalue weighted by atomic mass is 10.1. The maximum atomic E-state index is 4.97. The van der Waals surface area contributed by atoms with Crippen molar-refractivity contribution >= 4 is 0 Å². The molecule has 1 aromatic rings. The highest BCUT2D eigenvalue weighted by Crippen LogP contribution is 2.32. The van der Waals surface area contributed by atoms with Crippen LogP contribution in [0.3, 0.4) is 0 Å². The molecule has 3 heteroatoms. The number of nitrogens with zero attached hydrogens (tertiary/aromatic N) is 2. The largest absolute Gasteiger partial charge is 0.316 e. The molecule has 1 aliphatic carbocycles. The molecule has 114 valence electrons. The molecule has 0 radical (unpaired) electrons. The fourth-order valence-electron chi connectivity index (χ4n) is 3.47. The lowest BCUT2D eigenvalue weighted by molar-refractivity contribution is 0.447. The Labute approximate surface area is 124 Å². The summed E-state index contributed by atoms with van der Waals surface area (Å²) in [6.45, 7) is 8.96. The van der Waals surface area contributed by atoms with Gasteiger partial charge in [0.1, 0.15) is 0 Å². The molecule has 20 heavy (non-hydrogen) atoms. The topological polar surface area (TPSA) is 29.9 Å². The summed E-state index contributed by atoms with van der Waals surface area (Å²) in [7, 11) is 0. The van der Waals surface area contributed by atoms with Crippen molar-refractivity contribution < 1.29 is 0 Å². The Hall–Kier alpha value is -0.830. The zero-order valence-electron chi connectivity index (χ0n) is 13.5. The van der Waals surface area contributed by atoms with Crippen molar-refractivity contribution in [1.82, 2.24) is 15.1 Å². The Balaban J connectivity index is 2.15. The van der Waals surface area contributed by atoms with Gasteiger partial charge in [-0.15, -0.1) is 0 Å². The van der Waals surface area contributed by atoms with E-state index in [-0.39, 0.29) is 0 Å². The predicted molar refractivity (Wildman–Crippen MR) is 85.4 cm³/mol. The van der Waals surface area contributed by atoms with E-state index in [1.165, 1.54) is 49.1 Å². The summed E-state index contributed by atoms with van der Waals surface area (Å²) in [5, 5.41) is 8.50. The van der Waals surface area contributed by atoms with Crippen molar-refractivity contribution in [2.45, 2.75) is 78.2 Å². The first-order valence-corrected chi connectivity index (χ1v) is 8.61. The zero-order chi connectivity index (χ0) is 14.4. The van der Waals surface area contributed by atoms with Gasteiger partial charge in [0.2, 0.25) is 0 Å². The normalized spacial score (nSPS) is 16.1. The Kier molecular flexibility index (Phi) is 6.08. The molecule has 0 saturated heterocycles. The van der Waals surface area contributed by atoms with E-state index in [1.807, 2.05) is 0 Å². The number of hydrogen-bond donors (Lipinski definition) is 1. The van der Waals surface area contributed by atoms with E-state index in [4.69, 9.17) is 5.10 Å². The van der Waals surface area contributed by atoms with Crippen LogP contribution in [0.1, 0.15) is 75.9 Å². The summed E-state index contributed by atoms with van der Waals surface area (Å²) in [6, 6.07) is 0.674. The van der Waals surface area contributed by atoms with E-state index in [1.54, 1.807) is 0 Å². The molecule has 1 heterocycles. The van der Waals surface area contributed by atoms with Gasteiger partial charge in [-0.3, -0.25) is 4.68 Å². The van der Waals surface area contributed by atoms with Crippen LogP contribution in [-0.4, -0.2) is 22.9 Å². The highest BCUT2D eigenvalue weighted by molar-refractivity contribution is 5.28. The van der Waals surface area contributed by atoms with Gasteiger partial charge in [-0.25, -0.2) is 0 Å². The Morgan fingerprint density at radius 3 is 2.45 bits per heavy atom. The van der Waals surface area contributed by atoms with Crippen LogP contribution in [0.2, 0.25) is 0 Å². The first-order valence-electron chi connectivity index (χ1n) is 8.61. The van der Waals surface area contributed by atoms with E-state index in [0.29, 0.717) is 6.04 Å². The summed E-state index contributed by atoms with van der Waals surface area (Å²) in [6.07, 6.45) is 9.94. The molecular formula is C17H31N3. The smallest absolute Gasteiger partial charge is 0.0657 e. The Morgan fingerprint density at radius 1 is 1.10 bits per heavy atom. The molecule has 0 unspecified atom stereocenters. The molecule has 3 nitrogen and oxygen atoms in total. The van der Waals surface area contributed by atoms with Crippen LogP contribution in [0, 0.1) is 0 Å². The van der Waals surface area contributed by atoms with Crippen LogP contribution in [-0.2, 0) is 19.3 Å². The highest BCUT2D eigenvalue weighted by Gasteiger charge is 2.23. The van der Waals surface area contributed by atoms with Gasteiger partial charge in [0.25, 0.3) is 0 Å². The van der Waals surface area contributed by atoms with Crippen LogP contribution in [0.4, 0.5) is 0 Å². The number of rotatable bonds is 8. The van der Waals surface area contributed by atoms with Gasteiger partial charge in [-0.05, 0) is 57.2 Å². The lowest BCUT2D eigenvalue weighted by Gasteiger charge is -2.14. The minimum atomic E-state index is 0.674. The second-order valence-electron chi connectivity index (χ2n) is 5.96. The second kappa shape index (κ2) is 7.82. The standard InChI is InChI=1S/C17H31N3/c1-4-12-18-13-11-15-16(5-2)19-20(17(15)6-3)14-9-7-8-10-14/h14,18H,4-13H2,1-3H3. The van der Waals surface area contributed by atoms with Crippen LogP contribution in [0.5, 0.6) is 0 Å². The van der Waals surface area contributed by atoms with Crippen LogP contribution < -0.4 is 5.32 Å². The van der Waals surface area contributed by atoms with E-state index in [0.717, 1.165) is 32.4 Å². The molecule has 1 saturated carbocycles. The van der Waals surface area contributed by atoms with Gasteiger partial charge in [0, 0.05) is 5.69 Å². The van der Waals surface area contributed by atoms with Crippen molar-refractivity contribution in [1.29, 1.82) is 0 Å². The number of nitrogens with one attached hydrogen (secondary N) is 1. The van der Waals surface area contributed by atoms with E-state index < -0.39 is 0 Å². The third-order valence-electron chi connectivity index (χ3n) is 4.52. The van der Waals surface area contributed by atoms with E-state index in [9.17, 15) is 0 Å². The zero-order valence-corrected chi connectivity index (χ0v) is 13.5. The quantitative estimate of drug-likeness (QED) is 0.735. The third kappa shape index (κ3) is 3.43. The molecule has 0 spiro atoms. The third-order valence-corrected chi connectivity index (χ3v) is 4.52. The van der Waals surface area contributed by atoms with Crippen LogP contribution in [0.15, 0.2) is 0 Å². The second-order valence-corrected chi connectivity index (χ2v) is 5.96. The fourth-order valence-corrected chi connectivity index (χ4v) is 3.47. The molecule has 0 aromatic carbocycles. The Morgan fingerprint density at radius 2 is 1.85 bits per heavy atom. The fraction of sp³-hybridized carbons (Fsp3) is 0.824. The van der Waals surface area contributed by atoms with Crippen molar-refractivity contribution in [2.75, 3.05) is 13.1 Å². The van der Waals surface area contributed by atoms with Crippen molar-refractivity contribution in [3.8, 4) is 0 Å². The maximum Gasteiger partial charge on any atom is 0.0657 e. The highest BCUT2D eigenvalue weighted by atomic mass is 15.3. The van der Waals surface area contributed by atoms with Gasteiger partial charge >= 0.3 is 0 Å². The van der Waals surface area contributed by atoms with Crippen LogP contribution in [0.25, 0.3) is 0 Å². The molecule has 1 aromatic heterocycles. The van der Waals surface area contributed by atoms with Gasteiger partial charge in [0.05, 0.1) is 11.7 Å². The summed E-state index contributed by atoms with van der Waals surface area (Å²) in [5.74, 6) is 0. The number of aryl methyl sites for hydroxylation is 1. The molecule has 0 atom stereocenters. The average molecular weight is 277 g/mol. The monoisotopic (exact) mass is 277 g/mol. The molecular weight excluding hydrogens is 246 g/mol. The number of aromatic nitrogens is 2. The maximum absolute atomic E-state index is 4.97. The summed E-state index contributed by atoms with van der Waals surface area (Å²) < 4.78 is 2.39. The van der Waals surface area contributed by atoms with Gasteiger partial charge in [-0.1, -0.05) is 33.6 Å². The van der Waals surface area contributed by atoms with Crippen LogP contribution >= 0.6 is 0 Å². The first kappa shape index (κ1) is 15.6. The van der Waals surface area contributed by atoms with E-state index >= 15 is 0 Å². The average Bonchev–Trinajstić information content (AvgIpc) is 3.10. The molecule has 1 N–H and O–H groups in total. The molecule has 2 rings (SSSR count). The van der Waals surface area contributed by atoms with Crippen molar-refractivity contribution in [3.05, 3.63) is 17.0 Å². The molecule has 0 amide bonds. The van der Waals surface area contributed by atoms with Gasteiger partial charge in [0.15, 0.2) is 0 Å². The predicted octanol–water partition coefficient (Wildman–Crippen LogP) is 3.67. The summed E-state index contributed by atoms with van der Waals surface area (Å²) >= 11 is 0. The minimum absolute atomic E-state index is 0.674.